The molecule has 20 heavy (non-hydrogen) atoms. The van der Waals surface area contributed by atoms with Crippen molar-refractivity contribution in [2.24, 2.45) is 0 Å². The van der Waals surface area contributed by atoms with Gasteiger partial charge < -0.3 is 15.3 Å². The molecule has 0 atom stereocenters. The van der Waals surface area contributed by atoms with Crippen LogP contribution in [-0.2, 0) is 17.9 Å². The van der Waals surface area contributed by atoms with E-state index in [1.807, 2.05) is 16.8 Å². The lowest BCUT2D eigenvalue weighted by Gasteiger charge is -2.16. The Bertz CT molecular complexity index is 594. The van der Waals surface area contributed by atoms with Crippen molar-refractivity contribution >= 4 is 29.0 Å². The number of carboxylic acid groups (broad SMARTS) is 1. The molecule has 0 fully saturated rings. The summed E-state index contributed by atoms with van der Waals surface area (Å²) in [5.74, 6) is -0.986. The van der Waals surface area contributed by atoms with E-state index in [4.69, 9.17) is 5.11 Å². The number of urea groups is 1. The maximum atomic E-state index is 11.9. The molecule has 0 aliphatic carbocycles. The third kappa shape index (κ3) is 3.82. The third-order valence-corrected chi connectivity index (χ3v) is 3.26. The molecule has 106 valence electrons. The van der Waals surface area contributed by atoms with Gasteiger partial charge in [-0.15, -0.1) is 0 Å². The first-order valence-corrected chi connectivity index (χ1v) is 6.76. The molecule has 7 nitrogen and oxygen atoms in total. The van der Waals surface area contributed by atoms with Crippen LogP contribution in [0.4, 0.5) is 10.5 Å². The highest BCUT2D eigenvalue weighted by atomic mass is 32.1. The number of carbonyl (C=O) groups is 2. The molecule has 8 heteroatoms. The minimum absolute atomic E-state index is 0.236. The fourth-order valence-corrected chi connectivity index (χ4v) is 2.26. The Labute approximate surface area is 119 Å². The van der Waals surface area contributed by atoms with Crippen molar-refractivity contribution in [1.82, 2.24) is 14.7 Å². The Morgan fingerprint density at radius 2 is 2.35 bits per heavy atom. The fourth-order valence-electron chi connectivity index (χ4n) is 1.60. The summed E-state index contributed by atoms with van der Waals surface area (Å²) in [4.78, 5) is 24.0. The Morgan fingerprint density at radius 3 is 3.00 bits per heavy atom. The van der Waals surface area contributed by atoms with E-state index in [2.05, 4.69) is 10.4 Å². The van der Waals surface area contributed by atoms with Crippen LogP contribution in [0, 0.1) is 0 Å². The van der Waals surface area contributed by atoms with Gasteiger partial charge in [0, 0.05) is 19.8 Å². The number of carboxylic acids is 1. The molecule has 0 saturated heterocycles. The fraction of sp³-hybridized carbons (Fsp3) is 0.250. The topological polar surface area (TPSA) is 87.5 Å². The lowest BCUT2D eigenvalue weighted by atomic mass is 10.3. The maximum Gasteiger partial charge on any atom is 0.325 e. The van der Waals surface area contributed by atoms with Crippen LogP contribution in [0.3, 0.4) is 0 Å². The zero-order valence-electron chi connectivity index (χ0n) is 10.8. The Kier molecular flexibility index (Phi) is 4.36. The second-order valence-electron chi connectivity index (χ2n) is 4.24. The summed E-state index contributed by atoms with van der Waals surface area (Å²) >= 11 is 1.58. The van der Waals surface area contributed by atoms with Gasteiger partial charge in [0.25, 0.3) is 0 Å². The van der Waals surface area contributed by atoms with E-state index in [0.717, 1.165) is 5.56 Å². The van der Waals surface area contributed by atoms with Gasteiger partial charge in [-0.1, -0.05) is 0 Å². The van der Waals surface area contributed by atoms with Gasteiger partial charge in [-0.25, -0.2) is 4.79 Å². The molecule has 0 unspecified atom stereocenters. The van der Waals surface area contributed by atoms with Crippen molar-refractivity contribution in [2.75, 3.05) is 12.4 Å². The molecule has 2 rings (SSSR count). The van der Waals surface area contributed by atoms with Crippen molar-refractivity contribution in [2.45, 2.75) is 13.1 Å². The summed E-state index contributed by atoms with van der Waals surface area (Å²) < 4.78 is 1.25. The van der Waals surface area contributed by atoms with E-state index < -0.39 is 5.97 Å². The van der Waals surface area contributed by atoms with Gasteiger partial charge in [0.1, 0.15) is 6.54 Å². The first-order valence-electron chi connectivity index (χ1n) is 5.82. The minimum Gasteiger partial charge on any atom is -0.480 e. The maximum absolute atomic E-state index is 11.9. The smallest absolute Gasteiger partial charge is 0.325 e. The minimum atomic E-state index is -0.986. The van der Waals surface area contributed by atoms with Gasteiger partial charge in [0.05, 0.1) is 11.9 Å². The SMILES string of the molecule is CN(Cc1ccsc1)C(=O)Nc1cnn(CC(=O)O)c1. The number of aromatic nitrogens is 2. The van der Waals surface area contributed by atoms with Gasteiger partial charge in [-0.2, -0.15) is 16.4 Å². The lowest BCUT2D eigenvalue weighted by molar-refractivity contribution is -0.137. The van der Waals surface area contributed by atoms with E-state index in [-0.39, 0.29) is 12.6 Å². The number of nitrogens with one attached hydrogen (secondary N) is 1. The normalized spacial score (nSPS) is 10.2. The standard InChI is InChI=1S/C12H14N4O3S/c1-15(5-9-2-3-20-8-9)12(19)14-10-4-13-16(6-10)7-11(17)18/h2-4,6,8H,5,7H2,1H3,(H,14,19)(H,17,18). The number of hydrogen-bond donors (Lipinski definition) is 2. The number of amides is 2. The molecule has 0 saturated carbocycles. The third-order valence-electron chi connectivity index (χ3n) is 2.53. The second-order valence-corrected chi connectivity index (χ2v) is 5.02. The van der Waals surface area contributed by atoms with Gasteiger partial charge in [-0.3, -0.25) is 9.48 Å². The molecule has 0 aliphatic rings. The summed E-state index contributed by atoms with van der Waals surface area (Å²) in [7, 11) is 1.69. The van der Waals surface area contributed by atoms with E-state index in [0.29, 0.717) is 12.2 Å². The molecule has 2 aromatic rings. The zero-order valence-corrected chi connectivity index (χ0v) is 11.6. The van der Waals surface area contributed by atoms with Crippen molar-refractivity contribution in [3.63, 3.8) is 0 Å². The number of hydrogen-bond acceptors (Lipinski definition) is 4. The summed E-state index contributed by atoms with van der Waals surface area (Å²) in [6.45, 7) is 0.277. The van der Waals surface area contributed by atoms with Crippen molar-refractivity contribution < 1.29 is 14.7 Å². The monoisotopic (exact) mass is 294 g/mol. The van der Waals surface area contributed by atoms with Crippen LogP contribution in [0.15, 0.2) is 29.2 Å². The number of aliphatic carboxylic acids is 1. The molecule has 2 amide bonds. The van der Waals surface area contributed by atoms with E-state index >= 15 is 0 Å². The molecule has 0 radical (unpaired) electrons. The number of nitrogens with zero attached hydrogens (tertiary/aromatic N) is 3. The summed E-state index contributed by atoms with van der Waals surface area (Å²) in [6, 6.07) is 1.69. The molecule has 2 heterocycles. The van der Waals surface area contributed by atoms with Gasteiger partial charge in [0.2, 0.25) is 0 Å². The van der Waals surface area contributed by atoms with Gasteiger partial charge in [-0.05, 0) is 22.4 Å². The van der Waals surface area contributed by atoms with Crippen LogP contribution in [0.1, 0.15) is 5.56 Å². The summed E-state index contributed by atoms with van der Waals surface area (Å²) in [5, 5.41) is 19.1. The second kappa shape index (κ2) is 6.20. The Morgan fingerprint density at radius 1 is 1.55 bits per heavy atom. The van der Waals surface area contributed by atoms with Crippen molar-refractivity contribution in [3.05, 3.63) is 34.8 Å². The number of thiophene rings is 1. The first-order chi connectivity index (χ1) is 9.54. The molecular weight excluding hydrogens is 280 g/mol. The first kappa shape index (κ1) is 14.1. The average Bonchev–Trinajstić information content (AvgIpc) is 3.00. The number of anilines is 1. The molecule has 0 bridgehead atoms. The van der Waals surface area contributed by atoms with E-state index in [9.17, 15) is 9.59 Å². The predicted octanol–water partition coefficient (Wildman–Crippen LogP) is 1.69. The largest absolute Gasteiger partial charge is 0.480 e. The molecule has 2 aromatic heterocycles. The highest BCUT2D eigenvalue weighted by molar-refractivity contribution is 7.07. The summed E-state index contributed by atoms with van der Waals surface area (Å²) in [6.07, 6.45) is 2.89. The van der Waals surface area contributed by atoms with Crippen LogP contribution in [-0.4, -0.2) is 38.8 Å². The summed E-state index contributed by atoms with van der Waals surface area (Å²) in [5.41, 5.74) is 1.53. The lowest BCUT2D eigenvalue weighted by Crippen LogP contribution is -2.30. The van der Waals surface area contributed by atoms with Crippen molar-refractivity contribution in [3.8, 4) is 0 Å². The zero-order chi connectivity index (χ0) is 14.5. The van der Waals surface area contributed by atoms with Gasteiger partial charge >= 0.3 is 12.0 Å². The highest BCUT2D eigenvalue weighted by Crippen LogP contribution is 2.10. The molecule has 0 aliphatic heterocycles. The van der Waals surface area contributed by atoms with Gasteiger partial charge in [0.15, 0.2) is 0 Å². The molecular formula is C12H14N4O3S. The number of carbonyl (C=O) groups excluding carboxylic acids is 1. The molecule has 2 N–H and O–H groups in total. The van der Waals surface area contributed by atoms with Crippen molar-refractivity contribution in [1.29, 1.82) is 0 Å². The quantitative estimate of drug-likeness (QED) is 0.878. The molecule has 0 aromatic carbocycles. The highest BCUT2D eigenvalue weighted by Gasteiger charge is 2.11. The Balaban J connectivity index is 1.90. The Hall–Kier alpha value is -2.35. The van der Waals surface area contributed by atoms with Crippen LogP contribution in [0.25, 0.3) is 0 Å². The van der Waals surface area contributed by atoms with E-state index in [1.54, 1.807) is 18.4 Å². The number of rotatable bonds is 5. The van der Waals surface area contributed by atoms with E-state index in [1.165, 1.54) is 22.0 Å². The van der Waals surface area contributed by atoms with Crippen LogP contribution in [0.2, 0.25) is 0 Å². The average molecular weight is 294 g/mol. The van der Waals surface area contributed by atoms with Crippen LogP contribution < -0.4 is 5.32 Å². The van der Waals surface area contributed by atoms with Crippen LogP contribution >= 0.6 is 11.3 Å². The molecule has 0 spiro atoms. The predicted molar refractivity (Wildman–Crippen MR) is 74.7 cm³/mol. The van der Waals surface area contributed by atoms with Crippen LogP contribution in [0.5, 0.6) is 0 Å².